The Balaban J connectivity index is 1.98. The van der Waals surface area contributed by atoms with Gasteiger partial charge in [-0.05, 0) is 26.3 Å². The molecule has 2 atom stereocenters. The largest absolute Gasteiger partial charge is 0.385 e. The first-order valence-corrected chi connectivity index (χ1v) is 7.34. The van der Waals surface area contributed by atoms with Gasteiger partial charge in [-0.3, -0.25) is 0 Å². The van der Waals surface area contributed by atoms with Crippen LogP contribution in [0.15, 0.2) is 4.52 Å². The number of aromatic nitrogens is 2. The van der Waals surface area contributed by atoms with E-state index in [1.807, 2.05) is 7.05 Å². The molecule has 0 spiro atoms. The number of nitrogens with zero attached hydrogens (tertiary/aromatic N) is 2. The summed E-state index contributed by atoms with van der Waals surface area (Å²) in [6.45, 7) is 0.743. The lowest BCUT2D eigenvalue weighted by Gasteiger charge is -2.20. The summed E-state index contributed by atoms with van der Waals surface area (Å²) in [6.07, 6.45) is 7.96. The van der Waals surface area contributed by atoms with E-state index in [9.17, 15) is 0 Å². The highest BCUT2D eigenvalue weighted by molar-refractivity contribution is 5.00. The fourth-order valence-corrected chi connectivity index (χ4v) is 2.84. The number of likely N-dealkylation sites (N-methyl/N-ethyl adjacent to an activating group) is 1. The second kappa shape index (κ2) is 7.60. The quantitative estimate of drug-likeness (QED) is 0.633. The first kappa shape index (κ1) is 14.5. The number of nitrogens with one attached hydrogen (secondary N) is 1. The van der Waals surface area contributed by atoms with Crippen LogP contribution >= 0.6 is 0 Å². The Morgan fingerprint density at radius 3 is 2.95 bits per heavy atom. The average Bonchev–Trinajstić information content (AvgIpc) is 2.76. The smallest absolute Gasteiger partial charge is 0.231 e. The maximum absolute atomic E-state index is 5.48. The summed E-state index contributed by atoms with van der Waals surface area (Å²) < 4.78 is 10.5. The molecule has 0 amide bonds. The van der Waals surface area contributed by atoms with Gasteiger partial charge in [-0.2, -0.15) is 4.98 Å². The van der Waals surface area contributed by atoms with E-state index in [4.69, 9.17) is 9.26 Å². The molecule has 1 fully saturated rings. The first-order valence-electron chi connectivity index (χ1n) is 7.34. The number of ether oxygens (including phenoxy) is 1. The van der Waals surface area contributed by atoms with E-state index in [0.29, 0.717) is 12.0 Å². The molecule has 5 nitrogen and oxygen atoms in total. The Morgan fingerprint density at radius 2 is 2.16 bits per heavy atom. The molecular formula is C14H25N3O2. The summed E-state index contributed by atoms with van der Waals surface area (Å²) in [6, 6.07) is 0.467. The van der Waals surface area contributed by atoms with Crippen LogP contribution in [0.4, 0.5) is 0 Å². The summed E-state index contributed by atoms with van der Waals surface area (Å²) in [7, 11) is 3.74. The second-order valence-corrected chi connectivity index (χ2v) is 5.28. The van der Waals surface area contributed by atoms with E-state index in [1.54, 1.807) is 7.11 Å². The molecule has 0 saturated heterocycles. The minimum Gasteiger partial charge on any atom is -0.385 e. The molecule has 0 radical (unpaired) electrons. The van der Waals surface area contributed by atoms with Gasteiger partial charge in [0.2, 0.25) is 5.89 Å². The van der Waals surface area contributed by atoms with Crippen molar-refractivity contribution in [1.29, 1.82) is 0 Å². The Morgan fingerprint density at radius 1 is 1.32 bits per heavy atom. The van der Waals surface area contributed by atoms with Crippen molar-refractivity contribution in [2.45, 2.75) is 56.9 Å². The highest BCUT2D eigenvalue weighted by Gasteiger charge is 2.28. The van der Waals surface area contributed by atoms with Gasteiger partial charge in [-0.25, -0.2) is 0 Å². The van der Waals surface area contributed by atoms with E-state index >= 15 is 0 Å². The van der Waals surface area contributed by atoms with E-state index in [1.165, 1.54) is 25.7 Å². The van der Waals surface area contributed by atoms with Crippen molar-refractivity contribution >= 4 is 0 Å². The standard InChI is InChI=1S/C14H25N3O2/c1-15-12-8-5-3-4-7-11(12)14-16-13(17-19-14)9-6-10-18-2/h11-12,15H,3-10H2,1-2H3. The van der Waals surface area contributed by atoms with Crippen LogP contribution in [0, 0.1) is 0 Å². The SMILES string of the molecule is CNC1CCCCCC1c1nc(CCCOC)no1. The minimum atomic E-state index is 0.371. The molecule has 0 bridgehead atoms. The van der Waals surface area contributed by atoms with Gasteiger partial charge >= 0.3 is 0 Å². The maximum Gasteiger partial charge on any atom is 0.231 e. The highest BCUT2D eigenvalue weighted by atomic mass is 16.5. The van der Waals surface area contributed by atoms with Crippen LogP contribution < -0.4 is 5.32 Å². The molecule has 1 heterocycles. The van der Waals surface area contributed by atoms with Gasteiger partial charge in [0.25, 0.3) is 0 Å². The van der Waals surface area contributed by atoms with Crippen LogP contribution in [0.3, 0.4) is 0 Å². The molecule has 1 N–H and O–H groups in total. The summed E-state index contributed by atoms with van der Waals surface area (Å²) in [5, 5.41) is 7.50. The fraction of sp³-hybridized carbons (Fsp3) is 0.857. The summed E-state index contributed by atoms with van der Waals surface area (Å²) in [5.74, 6) is 2.00. The first-order chi connectivity index (χ1) is 9.35. The third kappa shape index (κ3) is 4.01. The average molecular weight is 267 g/mol. The summed E-state index contributed by atoms with van der Waals surface area (Å²) in [4.78, 5) is 4.57. The van der Waals surface area contributed by atoms with Gasteiger partial charge in [0.1, 0.15) is 0 Å². The molecule has 0 aromatic carbocycles. The molecule has 1 aromatic rings. The molecule has 2 rings (SSSR count). The predicted octanol–water partition coefficient (Wildman–Crippen LogP) is 2.28. The Bertz CT molecular complexity index is 367. The van der Waals surface area contributed by atoms with Crippen molar-refractivity contribution in [2.24, 2.45) is 0 Å². The van der Waals surface area contributed by atoms with Gasteiger partial charge in [-0.15, -0.1) is 0 Å². The van der Waals surface area contributed by atoms with Gasteiger partial charge in [0.05, 0.1) is 5.92 Å². The lowest BCUT2D eigenvalue weighted by molar-refractivity contribution is 0.194. The van der Waals surface area contributed by atoms with Crippen molar-refractivity contribution in [3.63, 3.8) is 0 Å². The molecule has 1 aromatic heterocycles. The van der Waals surface area contributed by atoms with Crippen LogP contribution in [0.25, 0.3) is 0 Å². The van der Waals surface area contributed by atoms with Gasteiger partial charge in [-0.1, -0.05) is 24.4 Å². The molecule has 5 heteroatoms. The van der Waals surface area contributed by atoms with E-state index in [-0.39, 0.29) is 0 Å². The molecule has 1 aliphatic carbocycles. The predicted molar refractivity (Wildman–Crippen MR) is 73.2 cm³/mol. The van der Waals surface area contributed by atoms with Crippen molar-refractivity contribution in [2.75, 3.05) is 20.8 Å². The van der Waals surface area contributed by atoms with Crippen molar-refractivity contribution < 1.29 is 9.26 Å². The van der Waals surface area contributed by atoms with Gasteiger partial charge in [0, 0.05) is 26.2 Å². The number of hydrogen-bond acceptors (Lipinski definition) is 5. The molecule has 108 valence electrons. The number of rotatable bonds is 6. The molecule has 1 saturated carbocycles. The lowest BCUT2D eigenvalue weighted by Crippen LogP contribution is -2.31. The van der Waals surface area contributed by atoms with Crippen LogP contribution in [0.1, 0.15) is 56.2 Å². The van der Waals surface area contributed by atoms with E-state index in [2.05, 4.69) is 15.5 Å². The highest BCUT2D eigenvalue weighted by Crippen LogP contribution is 2.31. The number of methoxy groups -OCH3 is 1. The Kier molecular flexibility index (Phi) is 5.79. The van der Waals surface area contributed by atoms with Gasteiger partial charge < -0.3 is 14.6 Å². The second-order valence-electron chi connectivity index (χ2n) is 5.28. The Hall–Kier alpha value is -0.940. The molecule has 0 aliphatic heterocycles. The van der Waals surface area contributed by atoms with Crippen molar-refractivity contribution in [1.82, 2.24) is 15.5 Å². The van der Waals surface area contributed by atoms with Crippen LogP contribution in [-0.4, -0.2) is 36.9 Å². The minimum absolute atomic E-state index is 0.371. The number of aryl methyl sites for hydroxylation is 1. The number of hydrogen-bond donors (Lipinski definition) is 1. The summed E-state index contributed by atoms with van der Waals surface area (Å²) >= 11 is 0. The van der Waals surface area contributed by atoms with E-state index in [0.717, 1.165) is 37.6 Å². The normalized spacial score (nSPS) is 24.3. The summed E-state index contributed by atoms with van der Waals surface area (Å²) in [5.41, 5.74) is 0. The van der Waals surface area contributed by atoms with Crippen molar-refractivity contribution in [3.05, 3.63) is 11.7 Å². The van der Waals surface area contributed by atoms with E-state index < -0.39 is 0 Å². The fourth-order valence-electron chi connectivity index (χ4n) is 2.84. The molecule has 2 unspecified atom stereocenters. The molecule has 19 heavy (non-hydrogen) atoms. The van der Waals surface area contributed by atoms with Crippen LogP contribution in [0.2, 0.25) is 0 Å². The zero-order valence-electron chi connectivity index (χ0n) is 12.0. The Labute approximate surface area is 115 Å². The third-order valence-corrected chi connectivity index (χ3v) is 3.94. The molecular weight excluding hydrogens is 242 g/mol. The van der Waals surface area contributed by atoms with Crippen molar-refractivity contribution in [3.8, 4) is 0 Å². The zero-order chi connectivity index (χ0) is 13.5. The monoisotopic (exact) mass is 267 g/mol. The molecule has 1 aliphatic rings. The van der Waals surface area contributed by atoms with Crippen LogP contribution in [0.5, 0.6) is 0 Å². The zero-order valence-corrected chi connectivity index (χ0v) is 12.0. The lowest BCUT2D eigenvalue weighted by atomic mass is 9.95. The van der Waals surface area contributed by atoms with Gasteiger partial charge in [0.15, 0.2) is 5.82 Å². The third-order valence-electron chi connectivity index (χ3n) is 3.94. The maximum atomic E-state index is 5.48. The topological polar surface area (TPSA) is 60.2 Å². The van der Waals surface area contributed by atoms with Crippen LogP contribution in [-0.2, 0) is 11.2 Å².